The zero-order valence-electron chi connectivity index (χ0n) is 14.0. The number of carbonyl (C=O) groups excluding carboxylic acids is 1. The molecule has 8 nitrogen and oxygen atoms in total. The van der Waals surface area contributed by atoms with Gasteiger partial charge in [-0.3, -0.25) is 9.69 Å². The highest BCUT2D eigenvalue weighted by Gasteiger charge is 2.38. The standard InChI is InChI=1S/C16H24N4O4/c1-11-14(16-17-15(18-24-16)12-2-3-12)20(6-9-23-11)10-13(21)19-4-7-22-8-5-19/h11-12,14H,2-10H2,1H3/t11-,14+/m1/s1. The molecule has 132 valence electrons. The first-order valence-electron chi connectivity index (χ1n) is 8.77. The van der Waals surface area contributed by atoms with Gasteiger partial charge in [-0.25, -0.2) is 0 Å². The lowest BCUT2D eigenvalue weighted by atomic mass is 10.1. The van der Waals surface area contributed by atoms with Crippen LogP contribution >= 0.6 is 0 Å². The summed E-state index contributed by atoms with van der Waals surface area (Å²) < 4.78 is 16.6. The van der Waals surface area contributed by atoms with Crippen LogP contribution in [0.4, 0.5) is 0 Å². The molecule has 24 heavy (non-hydrogen) atoms. The number of amides is 1. The second-order valence-electron chi connectivity index (χ2n) is 6.75. The first-order valence-corrected chi connectivity index (χ1v) is 8.77. The Balaban J connectivity index is 1.47. The molecule has 1 aromatic rings. The molecular formula is C16H24N4O4. The van der Waals surface area contributed by atoms with E-state index in [9.17, 15) is 4.79 Å². The molecule has 0 bridgehead atoms. The summed E-state index contributed by atoms with van der Waals surface area (Å²) >= 11 is 0. The summed E-state index contributed by atoms with van der Waals surface area (Å²) in [5.41, 5.74) is 0. The summed E-state index contributed by atoms with van der Waals surface area (Å²) in [5.74, 6) is 1.94. The molecule has 2 atom stereocenters. The second-order valence-corrected chi connectivity index (χ2v) is 6.75. The van der Waals surface area contributed by atoms with Crippen LogP contribution < -0.4 is 0 Å². The van der Waals surface area contributed by atoms with E-state index in [0.29, 0.717) is 57.8 Å². The van der Waals surface area contributed by atoms with E-state index in [1.165, 1.54) is 0 Å². The molecule has 1 amide bonds. The number of rotatable bonds is 4. The van der Waals surface area contributed by atoms with Crippen LogP contribution in [-0.4, -0.2) is 78.0 Å². The molecule has 4 rings (SSSR count). The van der Waals surface area contributed by atoms with Crippen LogP contribution in [0.2, 0.25) is 0 Å². The van der Waals surface area contributed by atoms with Gasteiger partial charge in [-0.1, -0.05) is 5.16 Å². The lowest BCUT2D eigenvalue weighted by Gasteiger charge is -2.38. The van der Waals surface area contributed by atoms with Gasteiger partial charge in [0.1, 0.15) is 6.04 Å². The van der Waals surface area contributed by atoms with Gasteiger partial charge in [-0.05, 0) is 19.8 Å². The highest BCUT2D eigenvalue weighted by molar-refractivity contribution is 5.78. The minimum atomic E-state index is -0.163. The first kappa shape index (κ1) is 16.0. The Morgan fingerprint density at radius 1 is 1.21 bits per heavy atom. The smallest absolute Gasteiger partial charge is 0.246 e. The number of ether oxygens (including phenoxy) is 2. The van der Waals surface area contributed by atoms with E-state index >= 15 is 0 Å². The number of hydrogen-bond donors (Lipinski definition) is 0. The minimum absolute atomic E-state index is 0.0799. The van der Waals surface area contributed by atoms with Crippen LogP contribution in [0.25, 0.3) is 0 Å². The average Bonchev–Trinajstić information content (AvgIpc) is 3.34. The van der Waals surface area contributed by atoms with Crippen LogP contribution in [0.15, 0.2) is 4.52 Å². The van der Waals surface area contributed by atoms with Gasteiger partial charge in [0.2, 0.25) is 11.8 Å². The third-order valence-electron chi connectivity index (χ3n) is 4.95. The Morgan fingerprint density at radius 2 is 2.00 bits per heavy atom. The average molecular weight is 336 g/mol. The van der Waals surface area contributed by atoms with Crippen molar-refractivity contribution in [2.75, 3.05) is 46.0 Å². The molecule has 0 N–H and O–H groups in total. The van der Waals surface area contributed by atoms with Crippen LogP contribution in [0.1, 0.15) is 43.4 Å². The molecule has 1 saturated carbocycles. The van der Waals surface area contributed by atoms with Gasteiger partial charge < -0.3 is 18.9 Å². The number of hydrogen-bond acceptors (Lipinski definition) is 7. The molecular weight excluding hydrogens is 312 g/mol. The van der Waals surface area contributed by atoms with Crippen molar-refractivity contribution in [2.45, 2.75) is 37.8 Å². The highest BCUT2D eigenvalue weighted by Crippen LogP contribution is 2.39. The van der Waals surface area contributed by atoms with Crippen LogP contribution in [0, 0.1) is 0 Å². The first-order chi connectivity index (χ1) is 11.7. The maximum Gasteiger partial charge on any atom is 0.246 e. The Bertz CT molecular complexity index is 582. The van der Waals surface area contributed by atoms with Gasteiger partial charge in [-0.15, -0.1) is 0 Å². The van der Waals surface area contributed by atoms with E-state index in [-0.39, 0.29) is 18.1 Å². The fraction of sp³-hybridized carbons (Fsp3) is 0.812. The van der Waals surface area contributed by atoms with Crippen molar-refractivity contribution < 1.29 is 18.8 Å². The Labute approximate surface area is 141 Å². The van der Waals surface area contributed by atoms with Crippen molar-refractivity contribution >= 4 is 5.91 Å². The van der Waals surface area contributed by atoms with Gasteiger partial charge in [0.05, 0.1) is 32.5 Å². The van der Waals surface area contributed by atoms with E-state index in [0.717, 1.165) is 18.7 Å². The van der Waals surface area contributed by atoms with Gasteiger partial charge in [0, 0.05) is 25.6 Å². The summed E-state index contributed by atoms with van der Waals surface area (Å²) in [4.78, 5) is 21.1. The number of aromatic nitrogens is 2. The summed E-state index contributed by atoms with van der Waals surface area (Å²) in [5, 5.41) is 4.11. The van der Waals surface area contributed by atoms with E-state index in [2.05, 4.69) is 15.0 Å². The lowest BCUT2D eigenvalue weighted by Crippen LogP contribution is -2.51. The van der Waals surface area contributed by atoms with Gasteiger partial charge in [0.25, 0.3) is 0 Å². The van der Waals surface area contributed by atoms with Crippen LogP contribution in [0.5, 0.6) is 0 Å². The van der Waals surface area contributed by atoms with E-state index < -0.39 is 0 Å². The summed E-state index contributed by atoms with van der Waals surface area (Å²) in [6, 6.07) is -0.163. The molecule has 2 aliphatic heterocycles. The molecule has 2 saturated heterocycles. The van der Waals surface area contributed by atoms with Crippen molar-refractivity contribution in [3.8, 4) is 0 Å². The molecule has 3 heterocycles. The maximum absolute atomic E-state index is 12.6. The fourth-order valence-electron chi connectivity index (χ4n) is 3.38. The third-order valence-corrected chi connectivity index (χ3v) is 4.95. The van der Waals surface area contributed by atoms with Crippen molar-refractivity contribution in [3.63, 3.8) is 0 Å². The lowest BCUT2D eigenvalue weighted by molar-refractivity contribution is -0.141. The maximum atomic E-state index is 12.6. The van der Waals surface area contributed by atoms with Crippen molar-refractivity contribution in [1.29, 1.82) is 0 Å². The topological polar surface area (TPSA) is 80.9 Å². The normalized spacial score (nSPS) is 29.0. The molecule has 1 aromatic heterocycles. The molecule has 8 heteroatoms. The van der Waals surface area contributed by atoms with Gasteiger partial charge in [0.15, 0.2) is 5.82 Å². The SMILES string of the molecule is C[C@H]1OCCN(CC(=O)N2CCOCC2)[C@@H]1c1nc(C2CC2)no1. The Hall–Kier alpha value is -1.51. The summed E-state index contributed by atoms with van der Waals surface area (Å²) in [6.45, 7) is 6.19. The molecule has 3 aliphatic rings. The summed E-state index contributed by atoms with van der Waals surface area (Å²) in [7, 11) is 0. The van der Waals surface area contributed by atoms with E-state index in [4.69, 9.17) is 14.0 Å². The minimum Gasteiger partial charge on any atom is -0.378 e. The zero-order valence-corrected chi connectivity index (χ0v) is 14.0. The van der Waals surface area contributed by atoms with E-state index in [1.807, 2.05) is 11.8 Å². The number of morpholine rings is 2. The Kier molecular flexibility index (Phi) is 4.51. The van der Waals surface area contributed by atoms with Crippen molar-refractivity contribution in [3.05, 3.63) is 11.7 Å². The summed E-state index contributed by atoms with van der Waals surface area (Å²) in [6.07, 6.45) is 2.19. The molecule has 0 spiro atoms. The van der Waals surface area contributed by atoms with Crippen molar-refractivity contribution in [2.24, 2.45) is 0 Å². The molecule has 0 unspecified atom stereocenters. The van der Waals surface area contributed by atoms with Crippen LogP contribution in [-0.2, 0) is 14.3 Å². The fourth-order valence-corrected chi connectivity index (χ4v) is 3.38. The third kappa shape index (κ3) is 3.31. The number of carbonyl (C=O) groups is 1. The monoisotopic (exact) mass is 336 g/mol. The zero-order chi connectivity index (χ0) is 16.5. The molecule has 1 aliphatic carbocycles. The Morgan fingerprint density at radius 3 is 2.75 bits per heavy atom. The van der Waals surface area contributed by atoms with E-state index in [1.54, 1.807) is 0 Å². The van der Waals surface area contributed by atoms with Crippen molar-refractivity contribution in [1.82, 2.24) is 19.9 Å². The predicted molar refractivity (Wildman–Crippen MR) is 83.4 cm³/mol. The highest BCUT2D eigenvalue weighted by atomic mass is 16.5. The molecule has 3 fully saturated rings. The quantitative estimate of drug-likeness (QED) is 0.795. The predicted octanol–water partition coefficient (Wildman–Crippen LogP) is 0.568. The second kappa shape index (κ2) is 6.78. The van der Waals surface area contributed by atoms with Gasteiger partial charge in [-0.2, -0.15) is 4.98 Å². The molecule has 0 aromatic carbocycles. The van der Waals surface area contributed by atoms with Gasteiger partial charge >= 0.3 is 0 Å². The molecule has 0 radical (unpaired) electrons. The largest absolute Gasteiger partial charge is 0.378 e. The number of nitrogens with zero attached hydrogens (tertiary/aromatic N) is 4. The van der Waals surface area contributed by atoms with Crippen LogP contribution in [0.3, 0.4) is 0 Å².